The Bertz CT molecular complexity index is 1290. The lowest BCUT2D eigenvalue weighted by Crippen LogP contribution is -2.44. The highest BCUT2D eigenvalue weighted by Gasteiger charge is 2.28. The van der Waals surface area contributed by atoms with Gasteiger partial charge in [0, 0.05) is 36.4 Å². The topological polar surface area (TPSA) is 78.5 Å². The van der Waals surface area contributed by atoms with E-state index in [0.29, 0.717) is 42.0 Å². The zero-order chi connectivity index (χ0) is 25.7. The molecule has 0 radical (unpaired) electrons. The largest absolute Gasteiger partial charge is 0.338 e. The Labute approximate surface area is 210 Å². The molecule has 36 heavy (non-hydrogen) atoms. The van der Waals surface area contributed by atoms with Crippen molar-refractivity contribution in [3.8, 4) is 0 Å². The first-order chi connectivity index (χ1) is 17.3. The summed E-state index contributed by atoms with van der Waals surface area (Å²) in [6.45, 7) is 5.28. The molecular weight excluding hydrogens is 457 g/mol. The van der Waals surface area contributed by atoms with Gasteiger partial charge in [-0.2, -0.15) is 0 Å². The van der Waals surface area contributed by atoms with E-state index in [-0.39, 0.29) is 17.6 Å². The number of aryl methyl sites for hydroxylation is 2. The van der Waals surface area contributed by atoms with Crippen LogP contribution in [-0.4, -0.2) is 42.3 Å². The molecule has 0 saturated carbocycles. The molecule has 0 aliphatic carbocycles. The number of carbonyl (C=O) groups is 3. The molecule has 3 aromatic carbocycles. The second kappa shape index (κ2) is 11.2. The molecule has 1 unspecified atom stereocenters. The van der Waals surface area contributed by atoms with Gasteiger partial charge in [-0.3, -0.25) is 9.59 Å². The van der Waals surface area contributed by atoms with Crippen molar-refractivity contribution in [3.05, 3.63) is 100 Å². The fourth-order valence-electron chi connectivity index (χ4n) is 4.56. The fourth-order valence-corrected chi connectivity index (χ4v) is 4.56. The molecule has 3 aromatic rings. The van der Waals surface area contributed by atoms with Crippen molar-refractivity contribution in [2.75, 3.05) is 25.0 Å². The first-order valence-corrected chi connectivity index (χ1v) is 12.1. The standard InChI is InChI=1S/C29H30FN3O3/c1-19-12-13-20(2)26(15-19)27(34)24-10-3-4-11-25(24)28(35)33-14-6-7-21(18-33)17-31-29(36)32-23-9-5-8-22(30)16-23/h3-5,8-13,15-16,21H,6-7,14,17-18H2,1-2H3,(H2,31,32,36). The van der Waals surface area contributed by atoms with Crippen molar-refractivity contribution in [1.29, 1.82) is 0 Å². The average molecular weight is 488 g/mol. The molecule has 4 rings (SSSR count). The molecule has 1 aliphatic rings. The molecule has 7 heteroatoms. The van der Waals surface area contributed by atoms with Gasteiger partial charge in [-0.25, -0.2) is 9.18 Å². The minimum atomic E-state index is -0.425. The molecule has 0 bridgehead atoms. The van der Waals surface area contributed by atoms with E-state index >= 15 is 0 Å². The Hall–Kier alpha value is -4.00. The number of nitrogens with one attached hydrogen (secondary N) is 2. The third-order valence-corrected chi connectivity index (χ3v) is 6.48. The van der Waals surface area contributed by atoms with E-state index in [2.05, 4.69) is 10.6 Å². The van der Waals surface area contributed by atoms with Crippen LogP contribution in [0.3, 0.4) is 0 Å². The van der Waals surface area contributed by atoms with E-state index < -0.39 is 11.8 Å². The highest BCUT2D eigenvalue weighted by molar-refractivity contribution is 6.16. The van der Waals surface area contributed by atoms with Crippen molar-refractivity contribution in [3.63, 3.8) is 0 Å². The number of ketones is 1. The predicted octanol–water partition coefficient (Wildman–Crippen LogP) is 5.35. The minimum absolute atomic E-state index is 0.0721. The maximum absolute atomic E-state index is 13.5. The summed E-state index contributed by atoms with van der Waals surface area (Å²) < 4.78 is 13.3. The Morgan fingerprint density at radius 2 is 1.72 bits per heavy atom. The zero-order valence-electron chi connectivity index (χ0n) is 20.5. The Kier molecular flexibility index (Phi) is 7.78. The maximum Gasteiger partial charge on any atom is 0.319 e. The lowest BCUT2D eigenvalue weighted by molar-refractivity contribution is 0.0672. The molecule has 1 fully saturated rings. The van der Waals surface area contributed by atoms with Crippen LogP contribution < -0.4 is 10.6 Å². The summed E-state index contributed by atoms with van der Waals surface area (Å²) in [6, 6.07) is 18.0. The lowest BCUT2D eigenvalue weighted by Gasteiger charge is -2.33. The molecule has 1 atom stereocenters. The van der Waals surface area contributed by atoms with Crippen LogP contribution in [0.15, 0.2) is 66.7 Å². The quantitative estimate of drug-likeness (QED) is 0.460. The van der Waals surface area contributed by atoms with Crippen LogP contribution in [-0.2, 0) is 0 Å². The maximum atomic E-state index is 13.5. The Morgan fingerprint density at radius 3 is 2.50 bits per heavy atom. The van der Waals surface area contributed by atoms with Gasteiger partial charge in [-0.05, 0) is 68.5 Å². The van der Waals surface area contributed by atoms with Crippen molar-refractivity contribution < 1.29 is 18.8 Å². The van der Waals surface area contributed by atoms with Crippen LogP contribution >= 0.6 is 0 Å². The van der Waals surface area contributed by atoms with Crippen molar-refractivity contribution in [2.24, 2.45) is 5.92 Å². The van der Waals surface area contributed by atoms with Gasteiger partial charge >= 0.3 is 6.03 Å². The number of piperidine rings is 1. The van der Waals surface area contributed by atoms with Crippen molar-refractivity contribution >= 4 is 23.4 Å². The predicted molar refractivity (Wildman–Crippen MR) is 138 cm³/mol. The summed E-state index contributed by atoms with van der Waals surface area (Å²) >= 11 is 0. The van der Waals surface area contributed by atoms with Crippen LogP contribution in [0.1, 0.15) is 50.2 Å². The van der Waals surface area contributed by atoms with Gasteiger partial charge in [0.05, 0.1) is 5.56 Å². The monoisotopic (exact) mass is 487 g/mol. The second-order valence-corrected chi connectivity index (χ2v) is 9.30. The molecule has 186 valence electrons. The van der Waals surface area contributed by atoms with E-state index in [0.717, 1.165) is 24.0 Å². The number of amides is 3. The molecule has 6 nitrogen and oxygen atoms in total. The summed E-state index contributed by atoms with van der Waals surface area (Å²) in [4.78, 5) is 40.9. The molecule has 0 spiro atoms. The normalized spacial score (nSPS) is 15.3. The van der Waals surface area contributed by atoms with Crippen LogP contribution in [0.2, 0.25) is 0 Å². The van der Waals surface area contributed by atoms with Gasteiger partial charge in [-0.15, -0.1) is 0 Å². The van der Waals surface area contributed by atoms with E-state index in [1.165, 1.54) is 18.2 Å². The van der Waals surface area contributed by atoms with Gasteiger partial charge in [0.2, 0.25) is 0 Å². The molecule has 1 aliphatic heterocycles. The van der Waals surface area contributed by atoms with E-state index in [1.807, 2.05) is 32.0 Å². The summed E-state index contributed by atoms with van der Waals surface area (Å²) in [5.41, 5.74) is 3.61. The third kappa shape index (κ3) is 5.97. The molecule has 0 aromatic heterocycles. The third-order valence-electron chi connectivity index (χ3n) is 6.48. The summed E-state index contributed by atoms with van der Waals surface area (Å²) in [7, 11) is 0. The number of anilines is 1. The van der Waals surface area contributed by atoms with Crippen molar-refractivity contribution in [2.45, 2.75) is 26.7 Å². The Morgan fingerprint density at radius 1 is 0.944 bits per heavy atom. The van der Waals surface area contributed by atoms with Crippen LogP contribution in [0.4, 0.5) is 14.9 Å². The number of hydrogen-bond donors (Lipinski definition) is 2. The molecule has 1 heterocycles. The lowest BCUT2D eigenvalue weighted by atomic mass is 9.92. The van der Waals surface area contributed by atoms with Gasteiger partial charge in [0.25, 0.3) is 5.91 Å². The second-order valence-electron chi connectivity index (χ2n) is 9.30. The number of rotatable bonds is 6. The molecular formula is C29H30FN3O3. The zero-order valence-corrected chi connectivity index (χ0v) is 20.5. The average Bonchev–Trinajstić information content (AvgIpc) is 2.88. The first kappa shape index (κ1) is 25.1. The van der Waals surface area contributed by atoms with Crippen LogP contribution in [0, 0.1) is 25.6 Å². The number of nitrogens with zero attached hydrogens (tertiary/aromatic N) is 1. The number of likely N-dealkylation sites (tertiary alicyclic amines) is 1. The van der Waals surface area contributed by atoms with Gasteiger partial charge in [0.1, 0.15) is 5.82 Å². The van der Waals surface area contributed by atoms with E-state index in [4.69, 9.17) is 0 Å². The number of urea groups is 1. The summed E-state index contributed by atoms with van der Waals surface area (Å²) in [5.74, 6) is -0.698. The fraction of sp³-hybridized carbons (Fsp3) is 0.276. The van der Waals surface area contributed by atoms with Crippen molar-refractivity contribution in [1.82, 2.24) is 10.2 Å². The van der Waals surface area contributed by atoms with Gasteiger partial charge in [-0.1, -0.05) is 42.0 Å². The smallest absolute Gasteiger partial charge is 0.319 e. The van der Waals surface area contributed by atoms with Gasteiger partial charge in [0.15, 0.2) is 5.78 Å². The molecule has 1 saturated heterocycles. The number of carbonyl (C=O) groups excluding carboxylic acids is 3. The van der Waals surface area contributed by atoms with Crippen LogP contribution in [0.5, 0.6) is 0 Å². The van der Waals surface area contributed by atoms with E-state index in [9.17, 15) is 18.8 Å². The SMILES string of the molecule is Cc1ccc(C)c(C(=O)c2ccccc2C(=O)N2CCCC(CNC(=O)Nc3cccc(F)c3)C2)c1. The summed E-state index contributed by atoms with van der Waals surface area (Å²) in [5, 5.41) is 5.44. The van der Waals surface area contributed by atoms with Gasteiger partial charge < -0.3 is 15.5 Å². The molecule has 3 amide bonds. The summed E-state index contributed by atoms with van der Waals surface area (Å²) in [6.07, 6.45) is 1.67. The number of halogens is 1. The molecule has 2 N–H and O–H groups in total. The first-order valence-electron chi connectivity index (χ1n) is 12.1. The highest BCUT2D eigenvalue weighted by atomic mass is 19.1. The number of hydrogen-bond acceptors (Lipinski definition) is 3. The Balaban J connectivity index is 1.42. The highest BCUT2D eigenvalue weighted by Crippen LogP contribution is 2.23. The number of benzene rings is 3. The minimum Gasteiger partial charge on any atom is -0.338 e. The van der Waals surface area contributed by atoms with Crippen LogP contribution in [0.25, 0.3) is 0 Å². The van der Waals surface area contributed by atoms with E-state index in [1.54, 1.807) is 35.2 Å².